The van der Waals surface area contributed by atoms with Gasteiger partial charge >= 0.3 is 0 Å². The highest BCUT2D eigenvalue weighted by molar-refractivity contribution is 5.79. The Kier molecular flexibility index (Phi) is 4.80. The molecular weight excluding hydrogens is 242 g/mol. The van der Waals surface area contributed by atoms with Gasteiger partial charge in [0.15, 0.2) is 0 Å². The third kappa shape index (κ3) is 3.70. The number of amides is 1. The maximum Gasteiger partial charge on any atom is 0.225 e. The standard InChI is InChI=1S/C15H21NO3/c1-19-12-7-5-11(6-8-12)9-10-16-15(18)13-3-2-4-14(13)17/h5-8,13-14,17H,2-4,9-10H2,1H3,(H,16,18). The first-order chi connectivity index (χ1) is 9.20. The maximum atomic E-state index is 11.9. The zero-order valence-electron chi connectivity index (χ0n) is 11.3. The molecule has 0 heterocycles. The van der Waals surface area contributed by atoms with Gasteiger partial charge in [-0.2, -0.15) is 0 Å². The number of rotatable bonds is 5. The molecule has 4 nitrogen and oxygen atoms in total. The van der Waals surface area contributed by atoms with Gasteiger partial charge in [-0.25, -0.2) is 0 Å². The molecule has 0 saturated heterocycles. The molecule has 1 amide bonds. The van der Waals surface area contributed by atoms with Crippen LogP contribution in [-0.2, 0) is 11.2 Å². The summed E-state index contributed by atoms with van der Waals surface area (Å²) in [6.45, 7) is 0.606. The largest absolute Gasteiger partial charge is 0.497 e. The van der Waals surface area contributed by atoms with E-state index in [1.165, 1.54) is 0 Å². The van der Waals surface area contributed by atoms with Gasteiger partial charge in [0.05, 0.1) is 19.1 Å². The van der Waals surface area contributed by atoms with Crippen molar-refractivity contribution >= 4 is 5.91 Å². The summed E-state index contributed by atoms with van der Waals surface area (Å²) < 4.78 is 5.09. The molecule has 2 atom stereocenters. The van der Waals surface area contributed by atoms with Crippen LogP contribution in [0, 0.1) is 5.92 Å². The van der Waals surface area contributed by atoms with Crippen LogP contribution in [0.15, 0.2) is 24.3 Å². The molecule has 1 saturated carbocycles. The number of hydrogen-bond acceptors (Lipinski definition) is 3. The number of methoxy groups -OCH3 is 1. The highest BCUT2D eigenvalue weighted by atomic mass is 16.5. The first-order valence-electron chi connectivity index (χ1n) is 6.79. The Morgan fingerprint density at radius 3 is 2.68 bits per heavy atom. The molecule has 0 aromatic heterocycles. The first-order valence-corrected chi connectivity index (χ1v) is 6.79. The van der Waals surface area contributed by atoms with Gasteiger partial charge in [-0.1, -0.05) is 12.1 Å². The smallest absolute Gasteiger partial charge is 0.225 e. The topological polar surface area (TPSA) is 58.6 Å². The van der Waals surface area contributed by atoms with E-state index in [1.54, 1.807) is 7.11 Å². The van der Waals surface area contributed by atoms with Crippen LogP contribution >= 0.6 is 0 Å². The van der Waals surface area contributed by atoms with Crippen LogP contribution in [0.3, 0.4) is 0 Å². The van der Waals surface area contributed by atoms with Gasteiger partial charge in [0.1, 0.15) is 5.75 Å². The van der Waals surface area contributed by atoms with Gasteiger partial charge < -0.3 is 15.2 Å². The van der Waals surface area contributed by atoms with E-state index in [0.29, 0.717) is 6.54 Å². The minimum Gasteiger partial charge on any atom is -0.497 e. The highest BCUT2D eigenvalue weighted by Gasteiger charge is 2.30. The molecule has 1 fully saturated rings. The van der Waals surface area contributed by atoms with E-state index in [9.17, 15) is 9.90 Å². The second-order valence-corrected chi connectivity index (χ2v) is 4.99. The van der Waals surface area contributed by atoms with Crippen molar-refractivity contribution in [2.45, 2.75) is 31.8 Å². The third-order valence-electron chi connectivity index (χ3n) is 3.69. The van der Waals surface area contributed by atoms with Crippen molar-refractivity contribution in [2.75, 3.05) is 13.7 Å². The highest BCUT2D eigenvalue weighted by Crippen LogP contribution is 2.25. The fourth-order valence-electron chi connectivity index (χ4n) is 2.50. The monoisotopic (exact) mass is 263 g/mol. The molecule has 0 aliphatic heterocycles. The number of aliphatic hydroxyl groups excluding tert-OH is 1. The number of nitrogens with one attached hydrogen (secondary N) is 1. The molecular formula is C15H21NO3. The molecule has 2 N–H and O–H groups in total. The SMILES string of the molecule is COc1ccc(CCNC(=O)C2CCCC2O)cc1. The normalized spacial score (nSPS) is 22.2. The van der Waals surface area contributed by atoms with Crippen LogP contribution in [0.1, 0.15) is 24.8 Å². The number of aliphatic hydroxyl groups is 1. The summed E-state index contributed by atoms with van der Waals surface area (Å²) >= 11 is 0. The Morgan fingerprint density at radius 2 is 2.11 bits per heavy atom. The molecule has 2 rings (SSSR count). The van der Waals surface area contributed by atoms with Crippen molar-refractivity contribution in [1.29, 1.82) is 0 Å². The van der Waals surface area contributed by atoms with Gasteiger partial charge in [0.2, 0.25) is 5.91 Å². The summed E-state index contributed by atoms with van der Waals surface area (Å²) in [5, 5.41) is 12.6. The van der Waals surface area contributed by atoms with Crippen LogP contribution in [0.5, 0.6) is 5.75 Å². The predicted octanol–water partition coefficient (Wildman–Crippen LogP) is 1.51. The van der Waals surface area contributed by atoms with Crippen molar-refractivity contribution in [3.05, 3.63) is 29.8 Å². The van der Waals surface area contributed by atoms with Gasteiger partial charge in [0, 0.05) is 6.54 Å². The summed E-state index contributed by atoms with van der Waals surface area (Å²) in [7, 11) is 1.64. The van der Waals surface area contributed by atoms with Gasteiger partial charge in [-0.3, -0.25) is 4.79 Å². The van der Waals surface area contributed by atoms with Crippen molar-refractivity contribution in [2.24, 2.45) is 5.92 Å². The number of carbonyl (C=O) groups excluding carboxylic acids is 1. The molecule has 1 aromatic carbocycles. The zero-order chi connectivity index (χ0) is 13.7. The quantitative estimate of drug-likeness (QED) is 0.846. The minimum atomic E-state index is -0.457. The number of carbonyl (C=O) groups is 1. The lowest BCUT2D eigenvalue weighted by atomic mass is 10.1. The van der Waals surface area contributed by atoms with E-state index in [-0.39, 0.29) is 11.8 Å². The molecule has 1 aromatic rings. The Labute approximate surface area is 113 Å². The fourth-order valence-corrected chi connectivity index (χ4v) is 2.50. The molecule has 0 bridgehead atoms. The van der Waals surface area contributed by atoms with Crippen LogP contribution in [-0.4, -0.2) is 30.8 Å². The minimum absolute atomic E-state index is 0.0153. The summed E-state index contributed by atoms with van der Waals surface area (Å²) in [5.41, 5.74) is 1.16. The summed E-state index contributed by atoms with van der Waals surface area (Å²) in [4.78, 5) is 11.9. The molecule has 1 aliphatic rings. The molecule has 2 unspecified atom stereocenters. The van der Waals surface area contributed by atoms with E-state index in [4.69, 9.17) is 4.74 Å². The van der Waals surface area contributed by atoms with E-state index >= 15 is 0 Å². The van der Waals surface area contributed by atoms with Gasteiger partial charge in [0.25, 0.3) is 0 Å². The van der Waals surface area contributed by atoms with Gasteiger partial charge in [-0.05, 0) is 43.4 Å². The zero-order valence-corrected chi connectivity index (χ0v) is 11.3. The van der Waals surface area contributed by atoms with Crippen LogP contribution in [0.2, 0.25) is 0 Å². The first kappa shape index (κ1) is 13.9. The Hall–Kier alpha value is -1.55. The average molecular weight is 263 g/mol. The Balaban J connectivity index is 1.75. The van der Waals surface area contributed by atoms with E-state index in [2.05, 4.69) is 5.32 Å². The molecule has 4 heteroatoms. The Bertz CT molecular complexity index is 416. The van der Waals surface area contributed by atoms with Crippen LogP contribution < -0.4 is 10.1 Å². The van der Waals surface area contributed by atoms with Crippen molar-refractivity contribution in [3.63, 3.8) is 0 Å². The van der Waals surface area contributed by atoms with E-state index < -0.39 is 6.10 Å². The molecule has 0 spiro atoms. The second-order valence-electron chi connectivity index (χ2n) is 4.99. The molecule has 0 radical (unpaired) electrons. The van der Waals surface area contributed by atoms with Crippen LogP contribution in [0.25, 0.3) is 0 Å². The third-order valence-corrected chi connectivity index (χ3v) is 3.69. The second kappa shape index (κ2) is 6.57. The number of ether oxygens (including phenoxy) is 1. The number of benzene rings is 1. The number of hydrogen-bond donors (Lipinski definition) is 2. The lowest BCUT2D eigenvalue weighted by Crippen LogP contribution is -2.35. The summed E-state index contributed by atoms with van der Waals surface area (Å²) in [6, 6.07) is 7.82. The van der Waals surface area contributed by atoms with Crippen LogP contribution in [0.4, 0.5) is 0 Å². The van der Waals surface area contributed by atoms with E-state index in [0.717, 1.165) is 37.0 Å². The molecule has 19 heavy (non-hydrogen) atoms. The summed E-state index contributed by atoms with van der Waals surface area (Å²) in [6.07, 6.45) is 2.82. The van der Waals surface area contributed by atoms with Gasteiger partial charge in [-0.15, -0.1) is 0 Å². The average Bonchev–Trinajstić information content (AvgIpc) is 2.86. The lowest BCUT2D eigenvalue weighted by Gasteiger charge is -2.14. The Morgan fingerprint density at radius 1 is 1.37 bits per heavy atom. The molecule has 1 aliphatic carbocycles. The lowest BCUT2D eigenvalue weighted by molar-refractivity contribution is -0.127. The van der Waals surface area contributed by atoms with E-state index in [1.807, 2.05) is 24.3 Å². The molecule has 104 valence electrons. The van der Waals surface area contributed by atoms with Crippen molar-refractivity contribution < 1.29 is 14.6 Å². The maximum absolute atomic E-state index is 11.9. The predicted molar refractivity (Wildman–Crippen MR) is 73.1 cm³/mol. The van der Waals surface area contributed by atoms with Crippen molar-refractivity contribution in [3.8, 4) is 5.75 Å². The van der Waals surface area contributed by atoms with Crippen molar-refractivity contribution in [1.82, 2.24) is 5.32 Å². The fraction of sp³-hybridized carbons (Fsp3) is 0.533. The summed E-state index contributed by atoms with van der Waals surface area (Å²) in [5.74, 6) is 0.608.